The van der Waals surface area contributed by atoms with Gasteiger partial charge in [0.05, 0.1) is 11.4 Å². The molecular weight excluding hydrogens is 379 g/mol. The number of rotatable bonds is 6. The van der Waals surface area contributed by atoms with Gasteiger partial charge in [0.25, 0.3) is 5.91 Å². The van der Waals surface area contributed by atoms with E-state index in [9.17, 15) is 19.1 Å². The second-order valence-electron chi connectivity index (χ2n) is 7.08. The van der Waals surface area contributed by atoms with Crippen molar-refractivity contribution < 1.29 is 24.2 Å². The van der Waals surface area contributed by atoms with Crippen molar-refractivity contribution in [1.82, 2.24) is 15.3 Å². The molecule has 9 heteroatoms. The highest BCUT2D eigenvalue weighted by atomic mass is 19.1. The predicted octanol–water partition coefficient (Wildman–Crippen LogP) is 1.90. The van der Waals surface area contributed by atoms with Gasteiger partial charge in [0.15, 0.2) is 11.4 Å². The van der Waals surface area contributed by atoms with Crippen LogP contribution < -0.4 is 10.2 Å². The molecule has 1 aromatic carbocycles. The summed E-state index contributed by atoms with van der Waals surface area (Å²) in [5.41, 5.74) is 0.636. The number of hydrogen-bond donors (Lipinski definition) is 3. The van der Waals surface area contributed by atoms with Gasteiger partial charge in [0.1, 0.15) is 18.2 Å². The van der Waals surface area contributed by atoms with Gasteiger partial charge in [-0.2, -0.15) is 0 Å². The van der Waals surface area contributed by atoms with Crippen LogP contribution in [0.15, 0.2) is 24.3 Å². The van der Waals surface area contributed by atoms with E-state index in [1.54, 1.807) is 19.1 Å². The number of benzene rings is 1. The van der Waals surface area contributed by atoms with E-state index in [-0.39, 0.29) is 28.9 Å². The van der Waals surface area contributed by atoms with E-state index >= 15 is 0 Å². The number of aryl methyl sites for hydroxylation is 1. The standard InChI is InChI=1S/C20H23FN4O4/c1-12-19(28)18(20(29)22-11-17(26)27)24-16(23-12)10-13-6-8-25(9-7-13)15-5-3-2-4-14(15)21/h2-5,13,28H,6-11H2,1H3,(H,22,29)(H,26,27). The quantitative estimate of drug-likeness (QED) is 0.676. The molecular formula is C20H23FN4O4. The average Bonchev–Trinajstić information content (AvgIpc) is 2.70. The lowest BCUT2D eigenvalue weighted by atomic mass is 9.92. The van der Waals surface area contributed by atoms with E-state index in [1.807, 2.05) is 11.0 Å². The Labute approximate surface area is 167 Å². The number of aromatic nitrogens is 2. The van der Waals surface area contributed by atoms with Crippen LogP contribution in [0.3, 0.4) is 0 Å². The monoisotopic (exact) mass is 402 g/mol. The second-order valence-corrected chi connectivity index (χ2v) is 7.08. The Bertz CT molecular complexity index is 913. The molecule has 1 fully saturated rings. The molecule has 0 bridgehead atoms. The van der Waals surface area contributed by atoms with Gasteiger partial charge in [-0.25, -0.2) is 14.4 Å². The molecule has 1 aliphatic rings. The Morgan fingerprint density at radius 3 is 2.59 bits per heavy atom. The molecule has 0 saturated carbocycles. The minimum atomic E-state index is -1.19. The Hall–Kier alpha value is -3.23. The third-order valence-corrected chi connectivity index (χ3v) is 5.00. The van der Waals surface area contributed by atoms with Crippen molar-refractivity contribution in [1.29, 1.82) is 0 Å². The van der Waals surface area contributed by atoms with E-state index in [0.717, 1.165) is 12.8 Å². The molecule has 0 radical (unpaired) electrons. The van der Waals surface area contributed by atoms with Gasteiger partial charge in [-0.1, -0.05) is 12.1 Å². The summed E-state index contributed by atoms with van der Waals surface area (Å²) >= 11 is 0. The molecule has 0 aliphatic carbocycles. The maximum atomic E-state index is 14.0. The minimum Gasteiger partial charge on any atom is -0.504 e. The summed E-state index contributed by atoms with van der Waals surface area (Å²) in [5, 5.41) is 21.0. The zero-order valence-corrected chi connectivity index (χ0v) is 16.1. The van der Waals surface area contributed by atoms with E-state index < -0.39 is 18.4 Å². The highest BCUT2D eigenvalue weighted by Crippen LogP contribution is 2.27. The summed E-state index contributed by atoms with van der Waals surface area (Å²) in [5.74, 6) is -1.86. The number of carboxylic acid groups (broad SMARTS) is 1. The third kappa shape index (κ3) is 4.98. The third-order valence-electron chi connectivity index (χ3n) is 5.00. The summed E-state index contributed by atoms with van der Waals surface area (Å²) < 4.78 is 14.0. The topological polar surface area (TPSA) is 116 Å². The highest BCUT2D eigenvalue weighted by molar-refractivity contribution is 5.96. The zero-order chi connectivity index (χ0) is 21.0. The number of para-hydroxylation sites is 1. The lowest BCUT2D eigenvalue weighted by Gasteiger charge is -2.33. The van der Waals surface area contributed by atoms with Crippen LogP contribution in [0.1, 0.15) is 34.8 Å². The van der Waals surface area contributed by atoms with Gasteiger partial charge in [-0.05, 0) is 37.8 Å². The number of aromatic hydroxyl groups is 1. The van der Waals surface area contributed by atoms with Gasteiger partial charge in [0.2, 0.25) is 0 Å². The summed E-state index contributed by atoms with van der Waals surface area (Å²) in [6.07, 6.45) is 2.15. The fourth-order valence-electron chi connectivity index (χ4n) is 3.46. The summed E-state index contributed by atoms with van der Waals surface area (Å²) in [7, 11) is 0. The van der Waals surface area contributed by atoms with Crippen LogP contribution in [0.25, 0.3) is 0 Å². The Morgan fingerprint density at radius 2 is 1.93 bits per heavy atom. The number of nitrogens with zero attached hydrogens (tertiary/aromatic N) is 3. The SMILES string of the molecule is Cc1nc(CC2CCN(c3ccccc3F)CC2)nc(C(=O)NCC(=O)O)c1O. The molecule has 29 heavy (non-hydrogen) atoms. The van der Waals surface area contributed by atoms with Crippen molar-refractivity contribution in [3.8, 4) is 5.75 Å². The number of carbonyl (C=O) groups is 2. The largest absolute Gasteiger partial charge is 0.504 e. The van der Waals surface area contributed by atoms with Crippen molar-refractivity contribution in [2.24, 2.45) is 5.92 Å². The van der Waals surface area contributed by atoms with Crippen LogP contribution in [-0.2, 0) is 11.2 Å². The Kier molecular flexibility index (Phi) is 6.26. The van der Waals surface area contributed by atoms with Crippen LogP contribution in [0.5, 0.6) is 5.75 Å². The first kappa shape index (κ1) is 20.5. The van der Waals surface area contributed by atoms with E-state index in [0.29, 0.717) is 31.0 Å². The van der Waals surface area contributed by atoms with Gasteiger partial charge in [0, 0.05) is 19.5 Å². The number of piperidine rings is 1. The van der Waals surface area contributed by atoms with Crippen molar-refractivity contribution in [3.63, 3.8) is 0 Å². The normalized spacial score (nSPS) is 14.6. The molecule has 1 amide bonds. The first-order chi connectivity index (χ1) is 13.8. The van der Waals surface area contributed by atoms with Crippen LogP contribution in [-0.4, -0.2) is 51.7 Å². The van der Waals surface area contributed by atoms with E-state index in [2.05, 4.69) is 15.3 Å². The first-order valence-electron chi connectivity index (χ1n) is 9.41. The maximum absolute atomic E-state index is 14.0. The van der Waals surface area contributed by atoms with Crippen molar-refractivity contribution in [2.45, 2.75) is 26.2 Å². The van der Waals surface area contributed by atoms with Gasteiger partial charge in [-0.15, -0.1) is 0 Å². The van der Waals surface area contributed by atoms with Crippen LogP contribution in [0.2, 0.25) is 0 Å². The number of anilines is 1. The van der Waals surface area contributed by atoms with E-state index in [1.165, 1.54) is 6.07 Å². The molecule has 2 aromatic rings. The molecule has 1 aliphatic heterocycles. The Balaban J connectivity index is 1.66. The molecule has 2 heterocycles. The van der Waals surface area contributed by atoms with Crippen molar-refractivity contribution in [3.05, 3.63) is 47.3 Å². The minimum absolute atomic E-state index is 0.224. The number of carboxylic acids is 1. The first-order valence-corrected chi connectivity index (χ1v) is 9.41. The molecule has 3 N–H and O–H groups in total. The number of nitrogens with one attached hydrogen (secondary N) is 1. The zero-order valence-electron chi connectivity index (χ0n) is 16.1. The van der Waals surface area contributed by atoms with E-state index in [4.69, 9.17) is 5.11 Å². The van der Waals surface area contributed by atoms with Gasteiger partial charge < -0.3 is 20.4 Å². The molecule has 0 atom stereocenters. The molecule has 0 unspecified atom stereocenters. The van der Waals surface area contributed by atoms with Crippen LogP contribution >= 0.6 is 0 Å². The smallest absolute Gasteiger partial charge is 0.322 e. The number of amides is 1. The lowest BCUT2D eigenvalue weighted by Crippen LogP contribution is -2.35. The highest BCUT2D eigenvalue weighted by Gasteiger charge is 2.24. The molecule has 1 saturated heterocycles. The van der Waals surface area contributed by atoms with Crippen molar-refractivity contribution >= 4 is 17.6 Å². The molecule has 0 spiro atoms. The molecule has 1 aromatic heterocycles. The maximum Gasteiger partial charge on any atom is 0.322 e. The summed E-state index contributed by atoms with van der Waals surface area (Å²) in [4.78, 5) is 33.2. The second kappa shape index (κ2) is 8.85. The van der Waals surface area contributed by atoms with Gasteiger partial charge >= 0.3 is 5.97 Å². The molecule has 154 valence electrons. The molecule has 8 nitrogen and oxygen atoms in total. The number of halogens is 1. The van der Waals surface area contributed by atoms with Crippen LogP contribution in [0, 0.1) is 18.7 Å². The number of carbonyl (C=O) groups excluding carboxylic acids is 1. The summed E-state index contributed by atoms with van der Waals surface area (Å²) in [6.45, 7) is 2.41. The fourth-order valence-corrected chi connectivity index (χ4v) is 3.46. The average molecular weight is 402 g/mol. The molecule has 3 rings (SSSR count). The van der Waals surface area contributed by atoms with Gasteiger partial charge in [-0.3, -0.25) is 9.59 Å². The van der Waals surface area contributed by atoms with Crippen LogP contribution in [0.4, 0.5) is 10.1 Å². The number of hydrogen-bond acceptors (Lipinski definition) is 6. The number of aliphatic carboxylic acids is 1. The lowest BCUT2D eigenvalue weighted by molar-refractivity contribution is -0.135. The predicted molar refractivity (Wildman–Crippen MR) is 103 cm³/mol. The summed E-state index contributed by atoms with van der Waals surface area (Å²) in [6, 6.07) is 6.70. The fraction of sp³-hybridized carbons (Fsp3) is 0.400. The van der Waals surface area contributed by atoms with Crippen molar-refractivity contribution in [2.75, 3.05) is 24.5 Å². The Morgan fingerprint density at radius 1 is 1.24 bits per heavy atom.